The van der Waals surface area contributed by atoms with Gasteiger partial charge in [-0.15, -0.1) is 6.58 Å². The summed E-state index contributed by atoms with van der Waals surface area (Å²) in [4.78, 5) is 24.5. The summed E-state index contributed by atoms with van der Waals surface area (Å²) < 4.78 is 0. The topological polar surface area (TPSA) is 49.4 Å². The highest BCUT2D eigenvalue weighted by atomic mass is 16.2. The average Bonchev–Trinajstić information content (AvgIpc) is 2.42. The van der Waals surface area contributed by atoms with E-state index < -0.39 is 0 Å². The van der Waals surface area contributed by atoms with E-state index in [0.717, 1.165) is 5.56 Å². The van der Waals surface area contributed by atoms with Crippen molar-refractivity contribution in [2.45, 2.75) is 19.9 Å². The maximum atomic E-state index is 11.7. The van der Waals surface area contributed by atoms with Crippen LogP contribution in [0.25, 0.3) is 0 Å². The Morgan fingerprint density at radius 1 is 1.32 bits per heavy atom. The second-order valence-electron chi connectivity index (χ2n) is 4.27. The van der Waals surface area contributed by atoms with Gasteiger partial charge in [-0.05, 0) is 5.56 Å². The van der Waals surface area contributed by atoms with Gasteiger partial charge in [0, 0.05) is 33.0 Å². The molecule has 0 aromatic heterocycles. The van der Waals surface area contributed by atoms with Gasteiger partial charge >= 0.3 is 0 Å². The normalized spacial score (nSPS) is 9.74. The molecule has 102 valence electrons. The number of amides is 2. The third-order valence-electron chi connectivity index (χ3n) is 2.74. The van der Waals surface area contributed by atoms with E-state index in [0.29, 0.717) is 26.1 Å². The molecule has 0 aliphatic heterocycles. The molecule has 1 rings (SSSR count). The molecule has 4 nitrogen and oxygen atoms in total. The third kappa shape index (κ3) is 5.86. The molecule has 4 heteroatoms. The first kappa shape index (κ1) is 15.0. The van der Waals surface area contributed by atoms with Gasteiger partial charge in [-0.3, -0.25) is 9.59 Å². The van der Waals surface area contributed by atoms with Crippen LogP contribution in [0.15, 0.2) is 43.0 Å². The Morgan fingerprint density at radius 3 is 2.58 bits per heavy atom. The van der Waals surface area contributed by atoms with E-state index in [1.807, 2.05) is 30.3 Å². The van der Waals surface area contributed by atoms with E-state index >= 15 is 0 Å². The number of nitrogens with one attached hydrogen (secondary N) is 1. The van der Waals surface area contributed by atoms with Crippen molar-refractivity contribution in [3.8, 4) is 0 Å². The fourth-order valence-electron chi connectivity index (χ4n) is 1.65. The molecule has 0 atom stereocenters. The van der Waals surface area contributed by atoms with E-state index in [1.54, 1.807) is 11.0 Å². The number of nitrogens with zero attached hydrogens (tertiary/aromatic N) is 1. The Balaban J connectivity index is 2.31. The Bertz CT molecular complexity index is 429. The van der Waals surface area contributed by atoms with Crippen LogP contribution < -0.4 is 5.32 Å². The van der Waals surface area contributed by atoms with Gasteiger partial charge in [0.25, 0.3) is 0 Å². The van der Waals surface area contributed by atoms with E-state index in [4.69, 9.17) is 0 Å². The second-order valence-corrected chi connectivity index (χ2v) is 4.27. The van der Waals surface area contributed by atoms with Gasteiger partial charge in [0.1, 0.15) is 0 Å². The van der Waals surface area contributed by atoms with Crippen LogP contribution in [-0.4, -0.2) is 29.8 Å². The molecule has 0 aliphatic carbocycles. The number of hydrogen-bond acceptors (Lipinski definition) is 2. The summed E-state index contributed by atoms with van der Waals surface area (Å²) in [5, 5.41) is 2.83. The van der Waals surface area contributed by atoms with Crippen LogP contribution in [0.1, 0.15) is 18.9 Å². The van der Waals surface area contributed by atoms with Gasteiger partial charge in [0.05, 0.1) is 0 Å². The largest absolute Gasteiger partial charge is 0.352 e. The first-order chi connectivity index (χ1) is 9.13. The first-order valence-electron chi connectivity index (χ1n) is 6.30. The fraction of sp³-hybridized carbons (Fsp3) is 0.333. The molecule has 1 aromatic rings. The molecule has 2 amide bonds. The number of benzene rings is 1. The number of carbonyl (C=O) groups excluding carboxylic acids is 2. The lowest BCUT2D eigenvalue weighted by Crippen LogP contribution is -2.33. The first-order valence-corrected chi connectivity index (χ1v) is 6.30. The summed E-state index contributed by atoms with van der Waals surface area (Å²) in [5.74, 6) is -0.102. The van der Waals surface area contributed by atoms with Crippen molar-refractivity contribution < 1.29 is 9.59 Å². The SMILES string of the molecule is C=CCN(CCC(=O)NCc1ccccc1)C(C)=O. The standard InChI is InChI=1S/C15H20N2O2/c1-3-10-17(13(2)18)11-9-15(19)16-12-14-7-5-4-6-8-14/h3-8H,1,9-12H2,2H3,(H,16,19). The summed E-state index contributed by atoms with van der Waals surface area (Å²) >= 11 is 0. The van der Waals surface area contributed by atoms with Gasteiger partial charge in [0.2, 0.25) is 11.8 Å². The zero-order valence-corrected chi connectivity index (χ0v) is 11.3. The summed E-state index contributed by atoms with van der Waals surface area (Å²) in [6.45, 7) is 6.49. The van der Waals surface area contributed by atoms with Crippen LogP contribution in [0.4, 0.5) is 0 Å². The molecular weight excluding hydrogens is 240 g/mol. The molecule has 1 aromatic carbocycles. The minimum atomic E-state index is -0.0563. The minimum absolute atomic E-state index is 0.0456. The fourth-order valence-corrected chi connectivity index (χ4v) is 1.65. The lowest BCUT2D eigenvalue weighted by atomic mass is 10.2. The zero-order chi connectivity index (χ0) is 14.1. The maximum absolute atomic E-state index is 11.7. The third-order valence-corrected chi connectivity index (χ3v) is 2.74. The summed E-state index contributed by atoms with van der Waals surface area (Å²) in [6.07, 6.45) is 1.96. The van der Waals surface area contributed by atoms with Gasteiger partial charge < -0.3 is 10.2 Å². The molecule has 0 bridgehead atoms. The van der Waals surface area contributed by atoms with Gasteiger partial charge in [-0.1, -0.05) is 36.4 Å². The molecular formula is C15H20N2O2. The highest BCUT2D eigenvalue weighted by molar-refractivity contribution is 5.78. The van der Waals surface area contributed by atoms with Crippen molar-refractivity contribution in [1.29, 1.82) is 0 Å². The Morgan fingerprint density at radius 2 is 2.00 bits per heavy atom. The zero-order valence-electron chi connectivity index (χ0n) is 11.3. The maximum Gasteiger partial charge on any atom is 0.222 e. The molecule has 0 spiro atoms. The number of hydrogen-bond donors (Lipinski definition) is 1. The number of rotatable bonds is 7. The molecule has 19 heavy (non-hydrogen) atoms. The number of carbonyl (C=O) groups is 2. The van der Waals surface area contributed by atoms with Crippen molar-refractivity contribution in [3.05, 3.63) is 48.6 Å². The van der Waals surface area contributed by atoms with Crippen molar-refractivity contribution >= 4 is 11.8 Å². The highest BCUT2D eigenvalue weighted by Gasteiger charge is 2.09. The van der Waals surface area contributed by atoms with Crippen molar-refractivity contribution in [2.75, 3.05) is 13.1 Å². The second kappa shape index (κ2) is 8.08. The smallest absolute Gasteiger partial charge is 0.222 e. The molecule has 0 saturated heterocycles. The van der Waals surface area contributed by atoms with Crippen LogP contribution in [0, 0.1) is 0 Å². The van der Waals surface area contributed by atoms with Crippen LogP contribution in [0.5, 0.6) is 0 Å². The highest BCUT2D eigenvalue weighted by Crippen LogP contribution is 1.98. The molecule has 0 unspecified atom stereocenters. The quantitative estimate of drug-likeness (QED) is 0.759. The van der Waals surface area contributed by atoms with Gasteiger partial charge in [-0.25, -0.2) is 0 Å². The molecule has 0 aliphatic rings. The lowest BCUT2D eigenvalue weighted by molar-refractivity contribution is -0.129. The summed E-state index contributed by atoms with van der Waals surface area (Å²) in [7, 11) is 0. The predicted octanol–water partition coefficient (Wildman–Crippen LogP) is 1.73. The van der Waals surface area contributed by atoms with Gasteiger partial charge in [0.15, 0.2) is 0 Å². The lowest BCUT2D eigenvalue weighted by Gasteiger charge is -2.18. The van der Waals surface area contributed by atoms with Crippen LogP contribution in [-0.2, 0) is 16.1 Å². The van der Waals surface area contributed by atoms with E-state index in [2.05, 4.69) is 11.9 Å². The predicted molar refractivity (Wildman–Crippen MR) is 75.4 cm³/mol. The van der Waals surface area contributed by atoms with E-state index in [1.165, 1.54) is 6.92 Å². The monoisotopic (exact) mass is 260 g/mol. The van der Waals surface area contributed by atoms with Crippen LogP contribution in [0.3, 0.4) is 0 Å². The van der Waals surface area contributed by atoms with E-state index in [-0.39, 0.29) is 11.8 Å². The van der Waals surface area contributed by atoms with Crippen LogP contribution in [0.2, 0.25) is 0 Å². The van der Waals surface area contributed by atoms with E-state index in [9.17, 15) is 9.59 Å². The molecule has 0 saturated carbocycles. The molecule has 1 N–H and O–H groups in total. The average molecular weight is 260 g/mol. The Labute approximate surface area is 114 Å². The van der Waals surface area contributed by atoms with Crippen LogP contribution >= 0.6 is 0 Å². The minimum Gasteiger partial charge on any atom is -0.352 e. The Kier molecular flexibility index (Phi) is 6.36. The van der Waals surface area contributed by atoms with Crippen molar-refractivity contribution in [1.82, 2.24) is 10.2 Å². The van der Waals surface area contributed by atoms with Crippen molar-refractivity contribution in [3.63, 3.8) is 0 Å². The summed E-state index contributed by atoms with van der Waals surface area (Å²) in [6, 6.07) is 9.72. The molecule has 0 radical (unpaired) electrons. The molecule has 0 heterocycles. The summed E-state index contributed by atoms with van der Waals surface area (Å²) in [5.41, 5.74) is 1.06. The van der Waals surface area contributed by atoms with Crippen molar-refractivity contribution in [2.24, 2.45) is 0 Å². The Hall–Kier alpha value is -2.10. The molecule has 0 fully saturated rings. The van der Waals surface area contributed by atoms with Gasteiger partial charge in [-0.2, -0.15) is 0 Å².